The number of sulfonamides is 1. The number of rotatable bonds is 9. The van der Waals surface area contributed by atoms with Crippen LogP contribution >= 0.6 is 0 Å². The summed E-state index contributed by atoms with van der Waals surface area (Å²) in [5, 5.41) is 0.656. The van der Waals surface area contributed by atoms with Gasteiger partial charge in [0.05, 0.1) is 30.3 Å². The molecule has 0 N–H and O–H groups in total. The summed E-state index contributed by atoms with van der Waals surface area (Å²) in [6.07, 6.45) is 3.60. The highest BCUT2D eigenvalue weighted by molar-refractivity contribution is 7.91. The van der Waals surface area contributed by atoms with Gasteiger partial charge in [-0.3, -0.25) is 9.78 Å². The summed E-state index contributed by atoms with van der Waals surface area (Å²) < 4.78 is 73.3. The molecule has 0 aliphatic carbocycles. The van der Waals surface area contributed by atoms with Crippen LogP contribution in [-0.2, 0) is 32.6 Å². The van der Waals surface area contributed by atoms with E-state index in [4.69, 9.17) is 13.9 Å². The van der Waals surface area contributed by atoms with Gasteiger partial charge >= 0.3 is 5.97 Å². The maximum atomic E-state index is 15.6. The molecule has 2 aromatic carbocycles. The zero-order valence-electron chi connectivity index (χ0n) is 22.4. The smallest absolute Gasteiger partial charge is 0.310 e. The van der Waals surface area contributed by atoms with E-state index < -0.39 is 32.4 Å². The molecule has 40 heavy (non-hydrogen) atoms. The fourth-order valence-corrected chi connectivity index (χ4v) is 4.36. The quantitative estimate of drug-likeness (QED) is 0.179. The third-order valence-corrected chi connectivity index (χ3v) is 7.90. The minimum Gasteiger partial charge on any atom is -0.488 e. The van der Waals surface area contributed by atoms with Crippen molar-refractivity contribution in [3.05, 3.63) is 83.4 Å². The van der Waals surface area contributed by atoms with Crippen molar-refractivity contribution >= 4 is 33.2 Å². The van der Waals surface area contributed by atoms with Crippen LogP contribution in [0.4, 0.5) is 8.78 Å². The molecule has 8 nitrogen and oxygen atoms in total. The Bertz CT molecular complexity index is 1690. The second kappa shape index (κ2) is 11.5. The van der Waals surface area contributed by atoms with Gasteiger partial charge in [0.15, 0.2) is 5.82 Å². The number of pyridine rings is 1. The zero-order chi connectivity index (χ0) is 29.1. The second-order valence-corrected chi connectivity index (χ2v) is 12.3. The third kappa shape index (κ3) is 6.36. The molecule has 2 aromatic heterocycles. The van der Waals surface area contributed by atoms with E-state index >= 15 is 4.39 Å². The fourth-order valence-electron chi connectivity index (χ4n) is 3.80. The molecule has 210 valence electrons. The molecular weight excluding hydrogens is 542 g/mol. The molecule has 0 spiro atoms. The predicted octanol–water partition coefficient (Wildman–Crippen LogP) is 6.00. The molecule has 0 bridgehead atoms. The number of esters is 1. The molecule has 0 saturated carbocycles. The van der Waals surface area contributed by atoms with E-state index in [0.717, 1.165) is 6.21 Å². The highest BCUT2D eigenvalue weighted by Crippen LogP contribution is 2.34. The van der Waals surface area contributed by atoms with Crippen molar-refractivity contribution in [1.29, 1.82) is 0 Å². The molecule has 0 aliphatic heterocycles. The van der Waals surface area contributed by atoms with Crippen molar-refractivity contribution in [2.45, 2.75) is 45.5 Å². The minimum atomic E-state index is -3.90. The van der Waals surface area contributed by atoms with Crippen LogP contribution in [0.15, 0.2) is 63.7 Å². The van der Waals surface area contributed by atoms with Crippen LogP contribution in [0.2, 0.25) is 0 Å². The second-order valence-electron chi connectivity index (χ2n) is 9.88. The van der Waals surface area contributed by atoms with E-state index in [1.54, 1.807) is 25.1 Å². The maximum absolute atomic E-state index is 15.6. The molecule has 4 rings (SSSR count). The van der Waals surface area contributed by atoms with Crippen LogP contribution in [0, 0.1) is 11.6 Å². The first-order chi connectivity index (χ1) is 18.9. The largest absolute Gasteiger partial charge is 0.488 e. The van der Waals surface area contributed by atoms with Crippen molar-refractivity contribution in [3.8, 4) is 16.9 Å². The average Bonchev–Trinajstić information content (AvgIpc) is 3.36. The number of furan rings is 1. The summed E-state index contributed by atoms with van der Waals surface area (Å²) in [5.74, 6) is -1.61. The van der Waals surface area contributed by atoms with Crippen LogP contribution < -0.4 is 4.74 Å². The number of hydrogen-bond acceptors (Lipinski definition) is 7. The van der Waals surface area contributed by atoms with Crippen LogP contribution in [0.5, 0.6) is 5.75 Å². The number of carbonyl (C=O) groups is 1. The summed E-state index contributed by atoms with van der Waals surface area (Å²) in [4.78, 5) is 15.9. The number of aromatic nitrogens is 1. The van der Waals surface area contributed by atoms with Crippen molar-refractivity contribution in [2.75, 3.05) is 6.61 Å². The van der Waals surface area contributed by atoms with Crippen LogP contribution in [-0.4, -0.2) is 36.9 Å². The summed E-state index contributed by atoms with van der Waals surface area (Å²) in [7, 11) is -3.90. The Balaban J connectivity index is 1.68. The lowest BCUT2D eigenvalue weighted by Gasteiger charge is -2.14. The molecule has 0 aliphatic rings. The number of ether oxygens (including phenoxy) is 2. The SMILES string of the molecule is CCOC(=O)Cc1ccc(F)cc1OCc1cc(-c2ccnc(C=NS(=O)(=O)C(C)(C)C)c2F)c2occc2c1. The summed E-state index contributed by atoms with van der Waals surface area (Å²) in [5.41, 5.74) is 1.69. The maximum Gasteiger partial charge on any atom is 0.310 e. The Hall–Kier alpha value is -4.12. The zero-order valence-corrected chi connectivity index (χ0v) is 23.2. The van der Waals surface area contributed by atoms with Gasteiger partial charge < -0.3 is 13.9 Å². The third-order valence-electron chi connectivity index (χ3n) is 5.97. The highest BCUT2D eigenvalue weighted by Gasteiger charge is 2.28. The van der Waals surface area contributed by atoms with Gasteiger partial charge in [0.25, 0.3) is 10.0 Å². The van der Waals surface area contributed by atoms with Gasteiger partial charge in [-0.2, -0.15) is 4.40 Å². The topological polar surface area (TPSA) is 108 Å². The summed E-state index contributed by atoms with van der Waals surface area (Å²) in [6, 6.07) is 10.5. The van der Waals surface area contributed by atoms with E-state index in [2.05, 4.69) is 9.38 Å². The lowest BCUT2D eigenvalue weighted by atomic mass is 10.00. The first-order valence-electron chi connectivity index (χ1n) is 12.4. The summed E-state index contributed by atoms with van der Waals surface area (Å²) >= 11 is 0. The molecular formula is C29H28F2N2O6S. The Labute approximate surface area is 230 Å². The molecule has 0 unspecified atom stereocenters. The Morgan fingerprint density at radius 3 is 2.60 bits per heavy atom. The molecule has 0 atom stereocenters. The molecule has 0 fully saturated rings. The molecule has 0 radical (unpaired) electrons. The number of nitrogens with zero attached hydrogens (tertiary/aromatic N) is 2. The molecule has 0 saturated heterocycles. The monoisotopic (exact) mass is 570 g/mol. The van der Waals surface area contributed by atoms with Crippen LogP contribution in [0.25, 0.3) is 22.1 Å². The normalized spacial score (nSPS) is 12.2. The number of benzene rings is 2. The van der Waals surface area contributed by atoms with Gasteiger partial charge in [-0.15, -0.1) is 0 Å². The Morgan fingerprint density at radius 2 is 1.88 bits per heavy atom. The number of fused-ring (bicyclic) bond motifs is 1. The van der Waals surface area contributed by atoms with Crippen molar-refractivity contribution in [2.24, 2.45) is 4.40 Å². The van der Waals surface area contributed by atoms with Gasteiger partial charge in [-0.25, -0.2) is 17.2 Å². The Morgan fingerprint density at radius 1 is 1.10 bits per heavy atom. The van der Waals surface area contributed by atoms with E-state index in [1.807, 2.05) is 0 Å². The Kier molecular flexibility index (Phi) is 8.34. The highest BCUT2D eigenvalue weighted by atomic mass is 32.2. The van der Waals surface area contributed by atoms with Gasteiger partial charge in [0, 0.05) is 34.3 Å². The first kappa shape index (κ1) is 28.9. The van der Waals surface area contributed by atoms with E-state index in [1.165, 1.54) is 57.5 Å². The van der Waals surface area contributed by atoms with Crippen molar-refractivity contribution in [3.63, 3.8) is 0 Å². The van der Waals surface area contributed by atoms with E-state index in [-0.39, 0.29) is 36.6 Å². The molecule has 2 heterocycles. The molecule has 11 heteroatoms. The van der Waals surface area contributed by atoms with Crippen molar-refractivity contribution < 1.29 is 35.9 Å². The van der Waals surface area contributed by atoms with Crippen LogP contribution in [0.3, 0.4) is 0 Å². The van der Waals surface area contributed by atoms with Gasteiger partial charge in [-0.1, -0.05) is 6.07 Å². The van der Waals surface area contributed by atoms with Crippen LogP contribution in [0.1, 0.15) is 44.5 Å². The summed E-state index contributed by atoms with van der Waals surface area (Å²) in [6.45, 7) is 6.35. The average molecular weight is 571 g/mol. The number of halogens is 2. The van der Waals surface area contributed by atoms with E-state index in [9.17, 15) is 17.6 Å². The van der Waals surface area contributed by atoms with Gasteiger partial charge in [0.1, 0.15) is 29.5 Å². The standard InChI is InChI=1S/C29H28F2N2O6S/c1-5-37-26(34)14-19-6-7-21(30)15-25(19)39-17-18-12-20-9-11-38-28(20)23(13-18)22-8-10-32-24(27(22)31)16-33-40(35,36)29(2,3)4/h6-13,15-16H,5,14,17H2,1-4H3. The van der Waals surface area contributed by atoms with Gasteiger partial charge in [-0.05, 0) is 63.6 Å². The first-order valence-corrected chi connectivity index (χ1v) is 13.9. The van der Waals surface area contributed by atoms with Crippen molar-refractivity contribution in [1.82, 2.24) is 4.98 Å². The van der Waals surface area contributed by atoms with Gasteiger partial charge in [0.2, 0.25) is 0 Å². The molecule has 4 aromatic rings. The number of carbonyl (C=O) groups excluding carboxylic acids is 1. The molecule has 0 amide bonds. The number of hydrogen-bond donors (Lipinski definition) is 0. The fraction of sp³-hybridized carbons (Fsp3) is 0.276. The lowest BCUT2D eigenvalue weighted by Crippen LogP contribution is -2.25. The lowest BCUT2D eigenvalue weighted by molar-refractivity contribution is -0.142. The minimum absolute atomic E-state index is 0.0295. The van der Waals surface area contributed by atoms with E-state index in [0.29, 0.717) is 27.7 Å². The predicted molar refractivity (Wildman–Crippen MR) is 147 cm³/mol.